The molecule has 116 valence electrons. The first-order valence-electron chi connectivity index (χ1n) is 6.58. The van der Waals surface area contributed by atoms with Crippen molar-refractivity contribution in [3.05, 3.63) is 68.3 Å². The van der Waals surface area contributed by atoms with Gasteiger partial charge in [0, 0.05) is 16.1 Å². The van der Waals surface area contributed by atoms with E-state index in [0.717, 1.165) is 0 Å². The van der Waals surface area contributed by atoms with Gasteiger partial charge in [0.15, 0.2) is 0 Å². The van der Waals surface area contributed by atoms with Crippen LogP contribution in [0.3, 0.4) is 0 Å². The summed E-state index contributed by atoms with van der Waals surface area (Å²) in [7, 11) is 0. The molecular formula is C16H10Cl2N2O3. The van der Waals surface area contributed by atoms with Gasteiger partial charge in [0.25, 0.3) is 0 Å². The third kappa shape index (κ3) is 2.88. The number of carboxylic acids is 1. The molecule has 0 saturated heterocycles. The lowest BCUT2D eigenvalue weighted by atomic mass is 10.1. The monoisotopic (exact) mass is 348 g/mol. The van der Waals surface area contributed by atoms with Crippen molar-refractivity contribution in [2.45, 2.75) is 0 Å². The highest BCUT2D eigenvalue weighted by Crippen LogP contribution is 2.28. The van der Waals surface area contributed by atoms with Gasteiger partial charge in [-0.25, -0.2) is 4.79 Å². The largest absolute Gasteiger partial charge is 0.477 e. The lowest BCUT2D eigenvalue weighted by molar-refractivity contribution is 0.0696. The van der Waals surface area contributed by atoms with E-state index >= 15 is 0 Å². The number of para-hydroxylation sites is 1. The predicted molar refractivity (Wildman–Crippen MR) is 91.3 cm³/mol. The molecule has 3 aromatic rings. The van der Waals surface area contributed by atoms with Crippen LogP contribution in [-0.2, 0) is 0 Å². The summed E-state index contributed by atoms with van der Waals surface area (Å²) in [5, 5.41) is 12.9. The molecule has 0 bridgehead atoms. The normalized spacial score (nSPS) is 10.7. The van der Waals surface area contributed by atoms with Gasteiger partial charge in [-0.3, -0.25) is 4.79 Å². The molecule has 1 aromatic heterocycles. The van der Waals surface area contributed by atoms with Crippen LogP contribution >= 0.6 is 23.2 Å². The van der Waals surface area contributed by atoms with Crippen molar-refractivity contribution in [1.82, 2.24) is 4.98 Å². The van der Waals surface area contributed by atoms with Gasteiger partial charge in [-0.1, -0.05) is 41.4 Å². The van der Waals surface area contributed by atoms with Gasteiger partial charge in [0.1, 0.15) is 11.4 Å². The second kappa shape index (κ2) is 5.95. The number of hydrogen-bond donors (Lipinski definition) is 3. The quantitative estimate of drug-likeness (QED) is 0.659. The topological polar surface area (TPSA) is 82.2 Å². The van der Waals surface area contributed by atoms with Crippen LogP contribution in [0.2, 0.25) is 10.0 Å². The number of benzene rings is 2. The summed E-state index contributed by atoms with van der Waals surface area (Å²) in [6.45, 7) is 0. The summed E-state index contributed by atoms with van der Waals surface area (Å²) in [4.78, 5) is 26.9. The maximum absolute atomic E-state index is 12.5. The standard InChI is InChI=1S/C16H10Cl2N2O3/c17-8-6-10-13(11(18)7-8)20-15(12(14(10)21)16(22)23)19-9-4-2-1-3-5-9/h1-7H,(H,22,23)(H2,19,20,21). The number of hydrogen-bond acceptors (Lipinski definition) is 3. The van der Waals surface area contributed by atoms with Gasteiger partial charge in [0.2, 0.25) is 5.43 Å². The molecule has 23 heavy (non-hydrogen) atoms. The number of aromatic amines is 1. The third-order valence-corrected chi connectivity index (χ3v) is 3.80. The summed E-state index contributed by atoms with van der Waals surface area (Å²) >= 11 is 12.0. The lowest BCUT2D eigenvalue weighted by Crippen LogP contribution is -2.19. The van der Waals surface area contributed by atoms with E-state index in [9.17, 15) is 14.7 Å². The second-order valence-corrected chi connectivity index (χ2v) is 5.65. The molecule has 3 N–H and O–H groups in total. The number of carbonyl (C=O) groups is 1. The smallest absolute Gasteiger partial charge is 0.343 e. The van der Waals surface area contributed by atoms with E-state index in [-0.39, 0.29) is 21.2 Å². The Labute approximate surface area is 140 Å². The molecule has 5 nitrogen and oxygen atoms in total. The predicted octanol–water partition coefficient (Wildman–Crippen LogP) is 4.28. The zero-order valence-corrected chi connectivity index (χ0v) is 13.1. The molecule has 0 saturated carbocycles. The number of pyridine rings is 1. The van der Waals surface area contributed by atoms with Crippen molar-refractivity contribution in [2.75, 3.05) is 5.32 Å². The fraction of sp³-hybridized carbons (Fsp3) is 0. The van der Waals surface area contributed by atoms with Crippen molar-refractivity contribution >= 4 is 51.6 Å². The van der Waals surface area contributed by atoms with Crippen LogP contribution in [0.25, 0.3) is 10.9 Å². The minimum atomic E-state index is -1.34. The van der Waals surface area contributed by atoms with Gasteiger partial charge in [-0.2, -0.15) is 0 Å². The fourth-order valence-electron chi connectivity index (χ4n) is 2.28. The Morgan fingerprint density at radius 2 is 1.83 bits per heavy atom. The number of anilines is 2. The summed E-state index contributed by atoms with van der Waals surface area (Å²) in [6.07, 6.45) is 0. The number of carboxylic acid groups (broad SMARTS) is 1. The van der Waals surface area contributed by atoms with E-state index in [0.29, 0.717) is 11.2 Å². The Morgan fingerprint density at radius 1 is 1.13 bits per heavy atom. The molecule has 0 spiro atoms. The molecule has 0 fully saturated rings. The summed E-state index contributed by atoms with van der Waals surface area (Å²) in [5.41, 5.74) is -0.103. The molecule has 0 atom stereocenters. The van der Waals surface area contributed by atoms with Crippen LogP contribution in [0, 0.1) is 0 Å². The minimum Gasteiger partial charge on any atom is -0.477 e. The number of aromatic carboxylic acids is 1. The third-order valence-electron chi connectivity index (χ3n) is 3.28. The fourth-order valence-corrected chi connectivity index (χ4v) is 2.82. The Morgan fingerprint density at radius 3 is 2.48 bits per heavy atom. The molecule has 1 heterocycles. The highest BCUT2D eigenvalue weighted by Gasteiger charge is 2.20. The first kappa shape index (κ1) is 15.4. The molecule has 0 aliphatic heterocycles. The van der Waals surface area contributed by atoms with Gasteiger partial charge in [0.05, 0.1) is 10.5 Å². The number of H-pyrrole nitrogens is 1. The Kier molecular flexibility index (Phi) is 3.98. The number of aromatic nitrogens is 1. The van der Waals surface area contributed by atoms with Crippen LogP contribution in [0.15, 0.2) is 47.3 Å². The van der Waals surface area contributed by atoms with E-state index in [1.807, 2.05) is 6.07 Å². The van der Waals surface area contributed by atoms with E-state index in [1.165, 1.54) is 12.1 Å². The van der Waals surface area contributed by atoms with E-state index in [2.05, 4.69) is 10.3 Å². The Bertz CT molecular complexity index is 968. The highest BCUT2D eigenvalue weighted by atomic mass is 35.5. The van der Waals surface area contributed by atoms with Gasteiger partial charge >= 0.3 is 5.97 Å². The zero-order chi connectivity index (χ0) is 16.6. The number of nitrogens with one attached hydrogen (secondary N) is 2. The van der Waals surface area contributed by atoms with E-state index < -0.39 is 17.0 Å². The SMILES string of the molecule is O=C(O)c1c(Nc2ccccc2)[nH]c2c(Cl)cc(Cl)cc2c1=O. The Balaban J connectivity index is 2.30. The van der Waals surface area contributed by atoms with Crippen LogP contribution in [-0.4, -0.2) is 16.1 Å². The lowest BCUT2D eigenvalue weighted by Gasteiger charge is -2.12. The highest BCUT2D eigenvalue weighted by molar-refractivity contribution is 6.38. The second-order valence-electron chi connectivity index (χ2n) is 4.81. The maximum atomic E-state index is 12.5. The average Bonchev–Trinajstić information content (AvgIpc) is 2.49. The molecule has 7 heteroatoms. The summed E-state index contributed by atoms with van der Waals surface area (Å²) in [5.74, 6) is -1.28. The summed E-state index contributed by atoms with van der Waals surface area (Å²) < 4.78 is 0. The molecule has 0 amide bonds. The van der Waals surface area contributed by atoms with Crippen LogP contribution in [0.5, 0.6) is 0 Å². The van der Waals surface area contributed by atoms with Crippen molar-refractivity contribution in [3.63, 3.8) is 0 Å². The molecule has 0 aliphatic rings. The summed E-state index contributed by atoms with van der Waals surface area (Å²) in [6, 6.07) is 11.8. The minimum absolute atomic E-state index is 0.0606. The first-order valence-corrected chi connectivity index (χ1v) is 7.33. The molecule has 0 unspecified atom stereocenters. The zero-order valence-electron chi connectivity index (χ0n) is 11.6. The van der Waals surface area contributed by atoms with Crippen molar-refractivity contribution < 1.29 is 9.90 Å². The average molecular weight is 349 g/mol. The molecule has 2 aromatic carbocycles. The van der Waals surface area contributed by atoms with Crippen LogP contribution < -0.4 is 10.7 Å². The maximum Gasteiger partial charge on any atom is 0.343 e. The Hall–Kier alpha value is -2.50. The van der Waals surface area contributed by atoms with E-state index in [4.69, 9.17) is 23.2 Å². The van der Waals surface area contributed by atoms with Crippen molar-refractivity contribution in [2.24, 2.45) is 0 Å². The molecule has 0 aliphatic carbocycles. The number of fused-ring (bicyclic) bond motifs is 1. The molecular weight excluding hydrogens is 339 g/mol. The molecule has 3 rings (SSSR count). The first-order chi connectivity index (χ1) is 11.0. The van der Waals surface area contributed by atoms with Crippen molar-refractivity contribution in [1.29, 1.82) is 0 Å². The molecule has 0 radical (unpaired) electrons. The van der Waals surface area contributed by atoms with Gasteiger partial charge in [-0.05, 0) is 24.3 Å². The van der Waals surface area contributed by atoms with Crippen LogP contribution in [0.4, 0.5) is 11.5 Å². The number of halogens is 2. The van der Waals surface area contributed by atoms with Crippen LogP contribution in [0.1, 0.15) is 10.4 Å². The van der Waals surface area contributed by atoms with Gasteiger partial charge in [-0.15, -0.1) is 0 Å². The van der Waals surface area contributed by atoms with E-state index in [1.54, 1.807) is 24.3 Å². The van der Waals surface area contributed by atoms with Crippen molar-refractivity contribution in [3.8, 4) is 0 Å². The number of rotatable bonds is 3. The van der Waals surface area contributed by atoms with Gasteiger partial charge < -0.3 is 15.4 Å².